The second-order valence-corrected chi connectivity index (χ2v) is 7.72. The zero-order chi connectivity index (χ0) is 25.7. The van der Waals surface area contributed by atoms with Gasteiger partial charge in [0.25, 0.3) is 0 Å². The van der Waals surface area contributed by atoms with E-state index in [9.17, 15) is 28.2 Å². The van der Waals surface area contributed by atoms with Gasteiger partial charge in [-0.3, -0.25) is 4.79 Å². The van der Waals surface area contributed by atoms with Crippen LogP contribution in [0.5, 0.6) is 11.5 Å². The molecule has 0 spiro atoms. The minimum atomic E-state index is -4.45. The molecule has 0 saturated carbocycles. The first-order valence-corrected chi connectivity index (χ1v) is 10.6. The van der Waals surface area contributed by atoms with Crippen LogP contribution in [0, 0.1) is 11.8 Å². The Morgan fingerprint density at radius 3 is 2.08 bits per heavy atom. The average molecular weight is 489 g/mol. The van der Waals surface area contributed by atoms with E-state index in [2.05, 4.69) is 27.1 Å². The van der Waals surface area contributed by atoms with Crippen LogP contribution in [0.25, 0.3) is 11.3 Å². The molecule has 4 rings (SSSR count). The number of halogens is 3. The summed E-state index contributed by atoms with van der Waals surface area (Å²) in [7, 11) is 0. The van der Waals surface area contributed by atoms with E-state index in [0.29, 0.717) is 22.4 Å². The number of rotatable bonds is 4. The molecule has 0 aliphatic rings. The Balaban J connectivity index is 1.64. The number of aromatic nitrogens is 2. The number of phenolic OH excluding ortho intramolecular Hbond substituents is 2. The summed E-state index contributed by atoms with van der Waals surface area (Å²) in [6.45, 7) is 0. The molecule has 0 bridgehead atoms. The smallest absolute Gasteiger partial charge is 0.416 e. The van der Waals surface area contributed by atoms with Crippen molar-refractivity contribution in [3.05, 3.63) is 101 Å². The van der Waals surface area contributed by atoms with Crippen molar-refractivity contribution in [2.75, 3.05) is 5.32 Å². The lowest BCUT2D eigenvalue weighted by Gasteiger charge is -2.09. The molecule has 9 heteroatoms. The summed E-state index contributed by atoms with van der Waals surface area (Å²) >= 11 is 0. The van der Waals surface area contributed by atoms with Gasteiger partial charge in [0.05, 0.1) is 23.9 Å². The van der Waals surface area contributed by atoms with Crippen molar-refractivity contribution in [3.8, 4) is 34.6 Å². The molecular weight excluding hydrogens is 471 g/mol. The summed E-state index contributed by atoms with van der Waals surface area (Å²) < 4.78 is 38.5. The largest absolute Gasteiger partial charge is 0.508 e. The number of aromatic hydroxyl groups is 2. The van der Waals surface area contributed by atoms with E-state index >= 15 is 0 Å². The van der Waals surface area contributed by atoms with Crippen LogP contribution in [0.4, 0.5) is 19.0 Å². The lowest BCUT2D eigenvalue weighted by molar-refractivity contribution is -0.137. The van der Waals surface area contributed by atoms with Crippen LogP contribution in [-0.4, -0.2) is 26.1 Å². The topological polar surface area (TPSA) is 95.3 Å². The molecular formula is C27H18F3N3O3. The second-order valence-electron chi connectivity index (χ2n) is 7.72. The van der Waals surface area contributed by atoms with Crippen LogP contribution in [0.2, 0.25) is 0 Å². The first kappa shape index (κ1) is 24.3. The van der Waals surface area contributed by atoms with Gasteiger partial charge >= 0.3 is 6.18 Å². The highest BCUT2D eigenvalue weighted by Crippen LogP contribution is 2.29. The fourth-order valence-electron chi connectivity index (χ4n) is 3.19. The quantitative estimate of drug-likeness (QED) is 0.345. The summed E-state index contributed by atoms with van der Waals surface area (Å²) in [5, 5.41) is 21.6. The Labute approximate surface area is 204 Å². The maximum absolute atomic E-state index is 12.8. The molecule has 0 unspecified atom stereocenters. The number of nitrogens with zero attached hydrogens (tertiary/aromatic N) is 2. The molecule has 180 valence electrons. The minimum absolute atomic E-state index is 0.00739. The van der Waals surface area contributed by atoms with E-state index in [4.69, 9.17) is 0 Å². The van der Waals surface area contributed by atoms with Gasteiger partial charge in [0.1, 0.15) is 11.5 Å². The van der Waals surface area contributed by atoms with Crippen LogP contribution in [0.1, 0.15) is 22.4 Å². The van der Waals surface area contributed by atoms with E-state index in [1.54, 1.807) is 24.3 Å². The maximum atomic E-state index is 12.8. The van der Waals surface area contributed by atoms with Gasteiger partial charge in [-0.05, 0) is 72.1 Å². The van der Waals surface area contributed by atoms with Gasteiger partial charge in [-0.25, -0.2) is 9.97 Å². The van der Waals surface area contributed by atoms with Crippen LogP contribution in [0.15, 0.2) is 79.0 Å². The third-order valence-corrected chi connectivity index (χ3v) is 5.03. The molecule has 0 atom stereocenters. The van der Waals surface area contributed by atoms with Crippen LogP contribution in [0.3, 0.4) is 0 Å². The second kappa shape index (κ2) is 10.2. The van der Waals surface area contributed by atoms with Crippen molar-refractivity contribution in [1.82, 2.24) is 9.97 Å². The molecule has 3 N–H and O–H groups in total. The molecule has 36 heavy (non-hydrogen) atoms. The summed E-state index contributed by atoms with van der Waals surface area (Å²) in [5.74, 6) is 5.38. The van der Waals surface area contributed by atoms with Crippen molar-refractivity contribution in [1.29, 1.82) is 0 Å². The van der Waals surface area contributed by atoms with Gasteiger partial charge in [0, 0.05) is 11.1 Å². The third kappa shape index (κ3) is 6.18. The fraction of sp³-hybridized carbons (Fsp3) is 0.0741. The Hall–Kier alpha value is -4.84. The van der Waals surface area contributed by atoms with E-state index in [1.807, 2.05) is 0 Å². The SMILES string of the molecule is O=C(Cc1ccc(O)cc1)Nc1ncc(-c2ccc(O)cc2)nc1C#Cc1ccc(C(F)(F)F)cc1. The molecule has 4 aromatic rings. The average Bonchev–Trinajstić information content (AvgIpc) is 2.85. The van der Waals surface area contributed by atoms with Crippen molar-refractivity contribution < 1.29 is 28.2 Å². The van der Waals surface area contributed by atoms with Crippen LogP contribution < -0.4 is 5.32 Å². The molecule has 0 fully saturated rings. The van der Waals surface area contributed by atoms with E-state index in [-0.39, 0.29) is 29.4 Å². The number of carbonyl (C=O) groups is 1. The van der Waals surface area contributed by atoms with Gasteiger partial charge in [-0.2, -0.15) is 13.2 Å². The molecule has 0 aliphatic carbocycles. The summed E-state index contributed by atoms with van der Waals surface area (Å²) in [4.78, 5) is 21.3. The van der Waals surface area contributed by atoms with Gasteiger partial charge in [0.15, 0.2) is 11.5 Å². The molecule has 0 saturated heterocycles. The predicted molar refractivity (Wildman–Crippen MR) is 127 cm³/mol. The van der Waals surface area contributed by atoms with Crippen molar-refractivity contribution in [2.24, 2.45) is 0 Å². The minimum Gasteiger partial charge on any atom is -0.508 e. The number of hydrogen-bond donors (Lipinski definition) is 3. The number of hydrogen-bond acceptors (Lipinski definition) is 5. The summed E-state index contributed by atoms with van der Waals surface area (Å²) in [6.07, 6.45) is -3.01. The van der Waals surface area contributed by atoms with Gasteiger partial charge in [-0.1, -0.05) is 18.1 Å². The standard InChI is InChI=1S/C27H18F3N3O3/c28-27(29,30)20-8-1-17(2-9-20)5-14-23-26(33-25(36)15-18-3-10-21(34)11-4-18)31-16-24(32-23)19-6-12-22(35)13-7-19/h1-4,6-13,16,34-35H,15H2,(H,31,33,36). The highest BCUT2D eigenvalue weighted by molar-refractivity contribution is 5.92. The summed E-state index contributed by atoms with van der Waals surface area (Å²) in [5.41, 5.74) is 1.37. The number of benzene rings is 3. The lowest BCUT2D eigenvalue weighted by Crippen LogP contribution is -2.17. The Kier molecular flexibility index (Phi) is 6.88. The predicted octanol–water partition coefficient (Wildman–Crippen LogP) is 5.15. The Morgan fingerprint density at radius 1 is 0.861 bits per heavy atom. The number of nitrogens with one attached hydrogen (secondary N) is 1. The molecule has 0 radical (unpaired) electrons. The Bertz CT molecular complexity index is 1440. The first-order chi connectivity index (χ1) is 17.2. The van der Waals surface area contributed by atoms with Crippen LogP contribution >= 0.6 is 0 Å². The Morgan fingerprint density at radius 2 is 1.47 bits per heavy atom. The molecule has 0 aliphatic heterocycles. The van der Waals surface area contributed by atoms with E-state index in [0.717, 1.165) is 12.1 Å². The van der Waals surface area contributed by atoms with Gasteiger partial charge < -0.3 is 15.5 Å². The number of carbonyl (C=O) groups excluding carboxylic acids is 1. The van der Waals surface area contributed by atoms with Crippen LogP contribution in [-0.2, 0) is 17.4 Å². The molecule has 1 aromatic heterocycles. The molecule has 6 nitrogen and oxygen atoms in total. The number of alkyl halides is 3. The maximum Gasteiger partial charge on any atom is 0.416 e. The fourth-order valence-corrected chi connectivity index (χ4v) is 3.19. The van der Waals surface area contributed by atoms with Gasteiger partial charge in [-0.15, -0.1) is 0 Å². The first-order valence-electron chi connectivity index (χ1n) is 10.6. The highest BCUT2D eigenvalue weighted by Gasteiger charge is 2.29. The molecule has 1 amide bonds. The van der Waals surface area contributed by atoms with E-state index < -0.39 is 17.6 Å². The zero-order valence-corrected chi connectivity index (χ0v) is 18.5. The monoisotopic (exact) mass is 489 g/mol. The van der Waals surface area contributed by atoms with Crippen molar-refractivity contribution in [2.45, 2.75) is 12.6 Å². The molecule has 1 heterocycles. The van der Waals surface area contributed by atoms with Crippen molar-refractivity contribution >= 4 is 11.7 Å². The van der Waals surface area contributed by atoms with Crippen molar-refractivity contribution in [3.63, 3.8) is 0 Å². The highest BCUT2D eigenvalue weighted by atomic mass is 19.4. The number of amides is 1. The third-order valence-electron chi connectivity index (χ3n) is 5.03. The number of anilines is 1. The summed E-state index contributed by atoms with van der Waals surface area (Å²) in [6, 6.07) is 16.8. The zero-order valence-electron chi connectivity index (χ0n) is 18.5. The lowest BCUT2D eigenvalue weighted by atomic mass is 10.1. The number of phenols is 2. The van der Waals surface area contributed by atoms with E-state index in [1.165, 1.54) is 42.6 Å². The normalized spacial score (nSPS) is 10.9. The molecule has 3 aromatic carbocycles. The van der Waals surface area contributed by atoms with Gasteiger partial charge in [0.2, 0.25) is 5.91 Å².